The molecule has 0 fully saturated rings. The van der Waals surface area contributed by atoms with E-state index in [9.17, 15) is 4.79 Å². The Morgan fingerprint density at radius 1 is 1.28 bits per heavy atom. The van der Waals surface area contributed by atoms with Crippen LogP contribution in [0.3, 0.4) is 0 Å². The number of ether oxygens (including phenoxy) is 1. The number of aromatic nitrogens is 1. The zero-order valence-electron chi connectivity index (χ0n) is 9.96. The molecule has 0 bridgehead atoms. The van der Waals surface area contributed by atoms with Crippen molar-refractivity contribution >= 4 is 5.97 Å². The summed E-state index contributed by atoms with van der Waals surface area (Å²) in [5.74, 6) is -0.260. The van der Waals surface area contributed by atoms with E-state index >= 15 is 0 Å². The van der Waals surface area contributed by atoms with E-state index in [4.69, 9.17) is 9.84 Å². The van der Waals surface area contributed by atoms with Crippen LogP contribution in [-0.2, 0) is 0 Å². The fourth-order valence-electron chi connectivity index (χ4n) is 1.67. The van der Waals surface area contributed by atoms with Crippen LogP contribution >= 0.6 is 0 Å². The topological polar surface area (TPSA) is 59.4 Å². The zero-order chi connectivity index (χ0) is 13.0. The highest BCUT2D eigenvalue weighted by Gasteiger charge is 2.08. The van der Waals surface area contributed by atoms with E-state index in [0.29, 0.717) is 6.61 Å². The van der Waals surface area contributed by atoms with Crippen molar-refractivity contribution in [1.82, 2.24) is 4.98 Å². The van der Waals surface area contributed by atoms with Gasteiger partial charge in [0.2, 0.25) is 0 Å². The third-order valence-electron chi connectivity index (χ3n) is 2.48. The van der Waals surface area contributed by atoms with Gasteiger partial charge in [-0.05, 0) is 19.1 Å². The monoisotopic (exact) mass is 243 g/mol. The molecule has 1 N–H and O–H groups in total. The quantitative estimate of drug-likeness (QED) is 0.897. The van der Waals surface area contributed by atoms with Crippen molar-refractivity contribution in [2.75, 3.05) is 6.61 Å². The highest BCUT2D eigenvalue weighted by atomic mass is 16.5. The fourth-order valence-corrected chi connectivity index (χ4v) is 1.67. The Labute approximate surface area is 105 Å². The minimum atomic E-state index is -1.03. The van der Waals surface area contributed by atoms with Crippen molar-refractivity contribution < 1.29 is 14.6 Å². The van der Waals surface area contributed by atoms with Crippen LogP contribution in [0.5, 0.6) is 5.75 Å². The van der Waals surface area contributed by atoms with Gasteiger partial charge in [-0.2, -0.15) is 0 Å². The van der Waals surface area contributed by atoms with Gasteiger partial charge in [-0.1, -0.05) is 24.3 Å². The number of benzene rings is 1. The van der Waals surface area contributed by atoms with Gasteiger partial charge in [-0.15, -0.1) is 0 Å². The van der Waals surface area contributed by atoms with E-state index in [-0.39, 0.29) is 5.69 Å². The minimum Gasteiger partial charge on any atom is -0.493 e. The maximum Gasteiger partial charge on any atom is 0.354 e. The number of nitrogens with zero attached hydrogens (tertiary/aromatic N) is 1. The predicted molar refractivity (Wildman–Crippen MR) is 67.8 cm³/mol. The number of pyridine rings is 1. The molecule has 0 unspecified atom stereocenters. The van der Waals surface area contributed by atoms with Crippen LogP contribution in [0.2, 0.25) is 0 Å². The first kappa shape index (κ1) is 12.1. The highest BCUT2D eigenvalue weighted by molar-refractivity contribution is 5.86. The molecule has 1 aromatic heterocycles. The van der Waals surface area contributed by atoms with Crippen LogP contribution in [0.25, 0.3) is 11.1 Å². The Hall–Kier alpha value is -2.36. The average Bonchev–Trinajstić information content (AvgIpc) is 2.40. The maximum atomic E-state index is 10.7. The van der Waals surface area contributed by atoms with Gasteiger partial charge in [-0.25, -0.2) is 9.78 Å². The lowest BCUT2D eigenvalue weighted by Gasteiger charge is -2.09. The second-order valence-corrected chi connectivity index (χ2v) is 3.67. The standard InChI is InChI=1S/C14H13NO3/c1-2-18-13-6-4-3-5-11(13)10-7-8-12(14(16)17)15-9-10/h3-9H,2H2,1H3,(H,16,17). The van der Waals surface area contributed by atoms with Crippen LogP contribution in [-0.4, -0.2) is 22.7 Å². The van der Waals surface area contributed by atoms with Crippen molar-refractivity contribution in [1.29, 1.82) is 0 Å². The number of carboxylic acids is 1. The summed E-state index contributed by atoms with van der Waals surface area (Å²) in [4.78, 5) is 14.6. The molecule has 0 spiro atoms. The van der Waals surface area contributed by atoms with Crippen LogP contribution in [0, 0.1) is 0 Å². The second-order valence-electron chi connectivity index (χ2n) is 3.67. The van der Waals surface area contributed by atoms with E-state index in [1.165, 1.54) is 6.07 Å². The predicted octanol–water partition coefficient (Wildman–Crippen LogP) is 2.85. The van der Waals surface area contributed by atoms with Gasteiger partial charge in [0.15, 0.2) is 0 Å². The largest absolute Gasteiger partial charge is 0.493 e. The third-order valence-corrected chi connectivity index (χ3v) is 2.48. The van der Waals surface area contributed by atoms with E-state index in [2.05, 4.69) is 4.98 Å². The first-order valence-corrected chi connectivity index (χ1v) is 5.64. The van der Waals surface area contributed by atoms with Crippen LogP contribution in [0.1, 0.15) is 17.4 Å². The summed E-state index contributed by atoms with van der Waals surface area (Å²) in [6, 6.07) is 10.8. The van der Waals surface area contributed by atoms with Crippen LogP contribution in [0.15, 0.2) is 42.6 Å². The molecule has 0 aliphatic heterocycles. The van der Waals surface area contributed by atoms with Gasteiger partial charge < -0.3 is 9.84 Å². The van der Waals surface area contributed by atoms with Crippen molar-refractivity contribution in [2.45, 2.75) is 6.92 Å². The van der Waals surface area contributed by atoms with Gasteiger partial charge in [0.05, 0.1) is 6.61 Å². The van der Waals surface area contributed by atoms with Gasteiger partial charge in [-0.3, -0.25) is 0 Å². The second kappa shape index (κ2) is 5.31. The number of carbonyl (C=O) groups is 1. The van der Waals surface area contributed by atoms with Gasteiger partial charge in [0, 0.05) is 17.3 Å². The van der Waals surface area contributed by atoms with E-state index < -0.39 is 5.97 Å². The molecule has 0 radical (unpaired) electrons. The third kappa shape index (κ3) is 2.48. The molecule has 0 aliphatic carbocycles. The molecule has 2 rings (SSSR count). The Balaban J connectivity index is 2.39. The molecule has 0 saturated carbocycles. The summed E-state index contributed by atoms with van der Waals surface area (Å²) in [5, 5.41) is 8.80. The normalized spacial score (nSPS) is 10.1. The molecule has 1 heterocycles. The number of rotatable bonds is 4. The minimum absolute atomic E-state index is 0.0349. The van der Waals surface area contributed by atoms with E-state index in [1.54, 1.807) is 12.3 Å². The number of para-hydroxylation sites is 1. The van der Waals surface area contributed by atoms with Gasteiger partial charge in [0.1, 0.15) is 11.4 Å². The summed E-state index contributed by atoms with van der Waals surface area (Å²) < 4.78 is 5.52. The summed E-state index contributed by atoms with van der Waals surface area (Å²) in [7, 11) is 0. The molecule has 18 heavy (non-hydrogen) atoms. The van der Waals surface area contributed by atoms with E-state index in [1.807, 2.05) is 31.2 Å². The van der Waals surface area contributed by atoms with Crippen molar-refractivity contribution in [3.8, 4) is 16.9 Å². The van der Waals surface area contributed by atoms with Gasteiger partial charge >= 0.3 is 5.97 Å². The summed E-state index contributed by atoms with van der Waals surface area (Å²) >= 11 is 0. The molecule has 2 aromatic rings. The van der Waals surface area contributed by atoms with Crippen molar-refractivity contribution in [3.63, 3.8) is 0 Å². The van der Waals surface area contributed by atoms with Crippen molar-refractivity contribution in [3.05, 3.63) is 48.3 Å². The Kier molecular flexibility index (Phi) is 3.57. The molecule has 0 aliphatic rings. The smallest absolute Gasteiger partial charge is 0.354 e. The molecule has 0 saturated heterocycles. The van der Waals surface area contributed by atoms with E-state index in [0.717, 1.165) is 16.9 Å². The average molecular weight is 243 g/mol. The molecule has 4 heteroatoms. The van der Waals surface area contributed by atoms with Crippen molar-refractivity contribution in [2.24, 2.45) is 0 Å². The van der Waals surface area contributed by atoms with Crippen LogP contribution < -0.4 is 4.74 Å². The molecule has 0 atom stereocenters. The SMILES string of the molecule is CCOc1ccccc1-c1ccc(C(=O)O)nc1. The maximum absolute atomic E-state index is 10.7. The Bertz CT molecular complexity index is 549. The highest BCUT2D eigenvalue weighted by Crippen LogP contribution is 2.29. The lowest BCUT2D eigenvalue weighted by molar-refractivity contribution is 0.0690. The fraction of sp³-hybridized carbons (Fsp3) is 0.143. The summed E-state index contributed by atoms with van der Waals surface area (Å²) in [6.07, 6.45) is 1.54. The Morgan fingerprint density at radius 2 is 2.06 bits per heavy atom. The first-order chi connectivity index (χ1) is 8.72. The molecule has 4 nitrogen and oxygen atoms in total. The molecular formula is C14H13NO3. The first-order valence-electron chi connectivity index (χ1n) is 5.64. The molecular weight excluding hydrogens is 230 g/mol. The number of carboxylic acid groups (broad SMARTS) is 1. The number of hydrogen-bond donors (Lipinski definition) is 1. The summed E-state index contributed by atoms with van der Waals surface area (Å²) in [5.41, 5.74) is 1.78. The molecule has 92 valence electrons. The number of hydrogen-bond acceptors (Lipinski definition) is 3. The number of aromatic carboxylic acids is 1. The Morgan fingerprint density at radius 3 is 2.67 bits per heavy atom. The molecule has 1 aromatic carbocycles. The lowest BCUT2D eigenvalue weighted by atomic mass is 10.1. The molecule has 0 amide bonds. The lowest BCUT2D eigenvalue weighted by Crippen LogP contribution is -1.99. The van der Waals surface area contributed by atoms with Gasteiger partial charge in [0.25, 0.3) is 0 Å². The zero-order valence-corrected chi connectivity index (χ0v) is 9.96. The summed E-state index contributed by atoms with van der Waals surface area (Å²) in [6.45, 7) is 2.50. The van der Waals surface area contributed by atoms with Crippen LogP contribution in [0.4, 0.5) is 0 Å².